The quantitative estimate of drug-likeness (QED) is 0.207. The SMILES string of the molecule is COc1ccc(CN(C(=O)CN(c2cc(Cl)ccc2OC)S(=O)(=O)c2ccc(C)c([N+](=O)[O-])c2)[C@@H](C)C(=O)NC(C)C)cc1. The Morgan fingerprint density at radius 2 is 1.66 bits per heavy atom. The molecule has 0 saturated heterocycles. The first-order valence-electron chi connectivity index (χ1n) is 13.5. The summed E-state index contributed by atoms with van der Waals surface area (Å²) in [7, 11) is -1.78. The average Bonchev–Trinajstić information content (AvgIpc) is 2.98. The van der Waals surface area contributed by atoms with E-state index in [2.05, 4.69) is 5.32 Å². The van der Waals surface area contributed by atoms with Crippen molar-refractivity contribution < 1.29 is 32.4 Å². The lowest BCUT2D eigenvalue weighted by molar-refractivity contribution is -0.385. The number of anilines is 1. The summed E-state index contributed by atoms with van der Waals surface area (Å²) in [6.45, 7) is 5.77. The van der Waals surface area contributed by atoms with Gasteiger partial charge >= 0.3 is 0 Å². The normalized spacial score (nSPS) is 11.9. The Hall–Kier alpha value is -4.36. The Morgan fingerprint density at radius 3 is 2.23 bits per heavy atom. The third kappa shape index (κ3) is 7.97. The summed E-state index contributed by atoms with van der Waals surface area (Å²) >= 11 is 6.25. The van der Waals surface area contributed by atoms with Crippen molar-refractivity contribution in [2.75, 3.05) is 25.1 Å². The minimum Gasteiger partial charge on any atom is -0.497 e. The molecule has 0 bridgehead atoms. The number of benzene rings is 3. The van der Waals surface area contributed by atoms with Gasteiger partial charge < -0.3 is 19.7 Å². The number of sulfonamides is 1. The van der Waals surface area contributed by atoms with Gasteiger partial charge in [0, 0.05) is 29.2 Å². The van der Waals surface area contributed by atoms with Crippen LogP contribution < -0.4 is 19.1 Å². The van der Waals surface area contributed by atoms with Crippen LogP contribution in [0.15, 0.2) is 65.6 Å². The van der Waals surface area contributed by atoms with E-state index >= 15 is 0 Å². The number of nitrogens with zero attached hydrogens (tertiary/aromatic N) is 3. The van der Waals surface area contributed by atoms with Crippen LogP contribution in [-0.2, 0) is 26.2 Å². The highest BCUT2D eigenvalue weighted by atomic mass is 35.5. The first-order valence-corrected chi connectivity index (χ1v) is 15.4. The van der Waals surface area contributed by atoms with Gasteiger partial charge in [-0.25, -0.2) is 8.42 Å². The smallest absolute Gasteiger partial charge is 0.273 e. The molecule has 0 unspecified atom stereocenters. The van der Waals surface area contributed by atoms with E-state index in [0.717, 1.165) is 10.4 Å². The van der Waals surface area contributed by atoms with Crippen LogP contribution in [0.1, 0.15) is 31.9 Å². The van der Waals surface area contributed by atoms with E-state index in [4.69, 9.17) is 21.1 Å². The van der Waals surface area contributed by atoms with Gasteiger partial charge in [0.1, 0.15) is 24.1 Å². The standard InChI is InChI=1S/C30H35ClN4O8S/c1-19(2)32-30(37)21(4)33(17-22-8-11-24(42-5)12-9-22)29(36)18-34(27-15-23(31)10-14-28(27)43-6)44(40,41)25-13-7-20(3)26(16-25)35(38)39/h7-16,19,21H,17-18H2,1-6H3,(H,32,37)/t21-/m0/s1. The van der Waals surface area contributed by atoms with Crippen molar-refractivity contribution in [1.29, 1.82) is 0 Å². The number of hydrogen-bond acceptors (Lipinski definition) is 8. The molecule has 0 fully saturated rings. The van der Waals surface area contributed by atoms with Crippen LogP contribution in [0.5, 0.6) is 11.5 Å². The zero-order valence-corrected chi connectivity index (χ0v) is 26.8. The first-order chi connectivity index (χ1) is 20.7. The lowest BCUT2D eigenvalue weighted by atomic mass is 10.1. The van der Waals surface area contributed by atoms with Gasteiger partial charge in [-0.3, -0.25) is 24.0 Å². The molecule has 3 rings (SSSR count). The van der Waals surface area contributed by atoms with Gasteiger partial charge in [0.2, 0.25) is 11.8 Å². The van der Waals surface area contributed by atoms with Gasteiger partial charge in [-0.05, 0) is 69.7 Å². The molecule has 236 valence electrons. The molecule has 0 heterocycles. The fraction of sp³-hybridized carbons (Fsp3) is 0.333. The zero-order chi connectivity index (χ0) is 32.8. The van der Waals surface area contributed by atoms with Crippen molar-refractivity contribution in [2.24, 2.45) is 0 Å². The van der Waals surface area contributed by atoms with Gasteiger partial charge in [-0.2, -0.15) is 0 Å². The molecule has 0 aliphatic rings. The van der Waals surface area contributed by atoms with E-state index in [0.29, 0.717) is 11.3 Å². The van der Waals surface area contributed by atoms with Crippen LogP contribution in [0, 0.1) is 17.0 Å². The molecule has 0 aliphatic carbocycles. The number of amides is 2. The molecule has 2 amide bonds. The fourth-order valence-electron chi connectivity index (χ4n) is 4.36. The molecule has 44 heavy (non-hydrogen) atoms. The van der Waals surface area contributed by atoms with Crippen LogP contribution in [-0.4, -0.2) is 62.9 Å². The fourth-order valence-corrected chi connectivity index (χ4v) is 5.96. The van der Waals surface area contributed by atoms with E-state index in [-0.39, 0.29) is 34.6 Å². The Kier molecular flexibility index (Phi) is 11.2. The Balaban J connectivity index is 2.15. The van der Waals surface area contributed by atoms with E-state index in [1.54, 1.807) is 45.0 Å². The molecule has 14 heteroatoms. The second kappa shape index (κ2) is 14.4. The minimum absolute atomic E-state index is 0.0356. The van der Waals surface area contributed by atoms with Crippen molar-refractivity contribution in [3.8, 4) is 11.5 Å². The maximum atomic E-state index is 14.2. The topological polar surface area (TPSA) is 148 Å². The molecule has 0 radical (unpaired) electrons. The maximum absolute atomic E-state index is 14.2. The molecular formula is C30H35ClN4O8S. The number of aryl methyl sites for hydroxylation is 1. The molecule has 1 atom stereocenters. The molecule has 3 aromatic rings. The minimum atomic E-state index is -4.63. The van der Waals surface area contributed by atoms with Gasteiger partial charge in [-0.15, -0.1) is 0 Å². The first kappa shape index (κ1) is 34.1. The zero-order valence-electron chi connectivity index (χ0n) is 25.2. The molecule has 3 aromatic carbocycles. The largest absolute Gasteiger partial charge is 0.497 e. The lowest BCUT2D eigenvalue weighted by Crippen LogP contribution is -2.52. The van der Waals surface area contributed by atoms with Gasteiger partial charge in [0.25, 0.3) is 15.7 Å². The predicted molar refractivity (Wildman–Crippen MR) is 167 cm³/mol. The molecule has 0 aromatic heterocycles. The van der Waals surface area contributed by atoms with E-state index in [9.17, 15) is 28.1 Å². The number of carbonyl (C=O) groups is 2. The highest BCUT2D eigenvalue weighted by Crippen LogP contribution is 2.36. The van der Waals surface area contributed by atoms with Crippen LogP contribution in [0.3, 0.4) is 0 Å². The maximum Gasteiger partial charge on any atom is 0.273 e. The van der Waals surface area contributed by atoms with Crippen molar-refractivity contribution in [3.63, 3.8) is 0 Å². The van der Waals surface area contributed by atoms with Gasteiger partial charge in [0.05, 0.1) is 29.7 Å². The Morgan fingerprint density at radius 1 is 1.00 bits per heavy atom. The summed E-state index contributed by atoms with van der Waals surface area (Å²) in [5, 5.41) is 14.6. The highest BCUT2D eigenvalue weighted by molar-refractivity contribution is 7.92. The van der Waals surface area contributed by atoms with Gasteiger partial charge in [0.15, 0.2) is 0 Å². The highest BCUT2D eigenvalue weighted by Gasteiger charge is 2.35. The number of nitro benzene ring substituents is 1. The van der Waals surface area contributed by atoms with Crippen molar-refractivity contribution in [2.45, 2.75) is 51.2 Å². The summed E-state index contributed by atoms with van der Waals surface area (Å²) in [5.41, 5.74) is 0.440. The number of carbonyl (C=O) groups excluding carboxylic acids is 2. The second-order valence-corrected chi connectivity index (χ2v) is 12.5. The average molecular weight is 647 g/mol. The number of methoxy groups -OCH3 is 2. The van der Waals surface area contributed by atoms with Gasteiger partial charge in [-0.1, -0.05) is 29.8 Å². The molecule has 12 nitrogen and oxygen atoms in total. The molecule has 0 aliphatic heterocycles. The Labute approximate surface area is 261 Å². The summed E-state index contributed by atoms with van der Waals surface area (Å²) in [6.07, 6.45) is 0. The summed E-state index contributed by atoms with van der Waals surface area (Å²) in [6, 6.07) is 13.4. The molecule has 0 spiro atoms. The number of rotatable bonds is 13. The predicted octanol–water partition coefficient (Wildman–Crippen LogP) is 4.71. The summed E-state index contributed by atoms with van der Waals surface area (Å²) in [5.74, 6) is -0.486. The van der Waals surface area contributed by atoms with Crippen molar-refractivity contribution >= 4 is 44.8 Å². The third-order valence-corrected chi connectivity index (χ3v) is 8.75. The Bertz CT molecular complexity index is 1630. The number of nitro groups is 1. The number of nitrogens with one attached hydrogen (secondary N) is 1. The number of ether oxygens (including phenoxy) is 2. The molecule has 1 N–H and O–H groups in total. The molecular weight excluding hydrogens is 612 g/mol. The van der Waals surface area contributed by atoms with Crippen LogP contribution >= 0.6 is 11.6 Å². The third-order valence-electron chi connectivity index (χ3n) is 6.76. The number of hydrogen-bond donors (Lipinski definition) is 1. The van der Waals surface area contributed by atoms with Crippen LogP contribution in [0.25, 0.3) is 0 Å². The van der Waals surface area contributed by atoms with E-state index in [1.165, 1.54) is 56.4 Å². The summed E-state index contributed by atoms with van der Waals surface area (Å²) < 4.78 is 39.8. The van der Waals surface area contributed by atoms with Crippen LogP contribution in [0.2, 0.25) is 5.02 Å². The molecule has 0 saturated carbocycles. The van der Waals surface area contributed by atoms with Crippen molar-refractivity contribution in [1.82, 2.24) is 10.2 Å². The van der Waals surface area contributed by atoms with Crippen molar-refractivity contribution in [3.05, 3.63) is 86.9 Å². The second-order valence-electron chi connectivity index (χ2n) is 10.2. The van der Waals surface area contributed by atoms with E-state index in [1.807, 2.05) is 0 Å². The van der Waals surface area contributed by atoms with Crippen LogP contribution in [0.4, 0.5) is 11.4 Å². The number of halogens is 1. The summed E-state index contributed by atoms with van der Waals surface area (Å²) in [4.78, 5) is 39.0. The monoisotopic (exact) mass is 646 g/mol. The van der Waals surface area contributed by atoms with E-state index < -0.39 is 49.9 Å². The lowest BCUT2D eigenvalue weighted by Gasteiger charge is -2.32.